The Morgan fingerprint density at radius 3 is 2.05 bits per heavy atom. The monoisotopic (exact) mass is 291 g/mol. The van der Waals surface area contributed by atoms with Crippen LogP contribution in [0, 0.1) is 35.5 Å². The maximum absolute atomic E-state index is 3.77. The second kappa shape index (κ2) is 7.02. The van der Waals surface area contributed by atoms with E-state index >= 15 is 0 Å². The van der Waals surface area contributed by atoms with Crippen LogP contribution in [0.25, 0.3) is 0 Å². The molecule has 1 nitrogen and oxygen atoms in total. The van der Waals surface area contributed by atoms with Gasteiger partial charge in [-0.25, -0.2) is 0 Å². The molecule has 0 spiro atoms. The molecule has 4 saturated carbocycles. The Labute approximate surface area is 132 Å². The minimum atomic E-state index is 0.807. The third kappa shape index (κ3) is 3.33. The number of hydrogen-bond donors (Lipinski definition) is 1. The molecule has 21 heavy (non-hydrogen) atoms. The standard InChI is InChI=1S/C20H37N/c1-4-6-7-14(5-2)13-19(21-3)20-17-9-15-8-16(11-17)12-18(20)10-15/h14-21H,4-13H2,1-3H3. The largest absolute Gasteiger partial charge is 0.317 e. The zero-order valence-corrected chi connectivity index (χ0v) is 14.6. The van der Waals surface area contributed by atoms with Crippen molar-refractivity contribution >= 4 is 0 Å². The molecule has 0 aromatic carbocycles. The second-order valence-corrected chi connectivity index (χ2v) is 8.56. The Hall–Kier alpha value is -0.0400. The maximum atomic E-state index is 3.77. The van der Waals surface area contributed by atoms with Crippen LogP contribution in [-0.4, -0.2) is 13.1 Å². The van der Waals surface area contributed by atoms with Crippen molar-refractivity contribution in [2.45, 2.75) is 84.1 Å². The van der Waals surface area contributed by atoms with Gasteiger partial charge in [0.05, 0.1) is 0 Å². The van der Waals surface area contributed by atoms with E-state index in [1.165, 1.54) is 32.1 Å². The molecule has 0 aliphatic heterocycles. The van der Waals surface area contributed by atoms with Crippen molar-refractivity contribution in [3.8, 4) is 0 Å². The Bertz CT molecular complexity index is 296. The highest BCUT2D eigenvalue weighted by Crippen LogP contribution is 2.57. The summed E-state index contributed by atoms with van der Waals surface area (Å²) in [5, 5.41) is 3.77. The molecule has 1 N–H and O–H groups in total. The first kappa shape index (κ1) is 15.8. The molecule has 0 amide bonds. The van der Waals surface area contributed by atoms with Crippen molar-refractivity contribution in [2.75, 3.05) is 7.05 Å². The van der Waals surface area contributed by atoms with Crippen molar-refractivity contribution in [3.63, 3.8) is 0 Å². The predicted octanol–water partition coefficient (Wildman–Crippen LogP) is 5.25. The Kier molecular flexibility index (Phi) is 5.30. The van der Waals surface area contributed by atoms with E-state index in [1.54, 1.807) is 32.1 Å². The van der Waals surface area contributed by atoms with Crippen LogP contribution in [0.2, 0.25) is 0 Å². The lowest BCUT2D eigenvalue weighted by atomic mass is 9.50. The van der Waals surface area contributed by atoms with Crippen LogP contribution >= 0.6 is 0 Å². The number of nitrogens with one attached hydrogen (secondary N) is 1. The van der Waals surface area contributed by atoms with Crippen molar-refractivity contribution in [3.05, 3.63) is 0 Å². The Morgan fingerprint density at radius 1 is 0.952 bits per heavy atom. The van der Waals surface area contributed by atoms with E-state index in [-0.39, 0.29) is 0 Å². The van der Waals surface area contributed by atoms with Gasteiger partial charge in [-0.1, -0.05) is 39.5 Å². The zero-order valence-electron chi connectivity index (χ0n) is 14.6. The molecular weight excluding hydrogens is 254 g/mol. The third-order valence-electron chi connectivity index (χ3n) is 7.27. The number of rotatable bonds is 8. The van der Waals surface area contributed by atoms with E-state index in [2.05, 4.69) is 26.2 Å². The van der Waals surface area contributed by atoms with E-state index in [0.717, 1.165) is 41.5 Å². The highest BCUT2D eigenvalue weighted by Gasteiger charge is 2.50. The average molecular weight is 292 g/mol. The fraction of sp³-hybridized carbons (Fsp3) is 1.00. The van der Waals surface area contributed by atoms with Crippen LogP contribution in [-0.2, 0) is 0 Å². The summed E-state index contributed by atoms with van der Waals surface area (Å²) in [6, 6.07) is 0.807. The SMILES string of the molecule is CCCCC(CC)CC(NC)C1C2CC3CC(C2)CC1C3. The van der Waals surface area contributed by atoms with Crippen molar-refractivity contribution in [1.82, 2.24) is 5.32 Å². The van der Waals surface area contributed by atoms with Gasteiger partial charge >= 0.3 is 0 Å². The van der Waals surface area contributed by atoms with Crippen molar-refractivity contribution in [2.24, 2.45) is 35.5 Å². The van der Waals surface area contributed by atoms with E-state index < -0.39 is 0 Å². The van der Waals surface area contributed by atoms with E-state index in [0.29, 0.717) is 0 Å². The predicted molar refractivity (Wildman–Crippen MR) is 91.3 cm³/mol. The van der Waals surface area contributed by atoms with E-state index in [4.69, 9.17) is 0 Å². The van der Waals surface area contributed by atoms with Crippen molar-refractivity contribution in [1.29, 1.82) is 0 Å². The summed E-state index contributed by atoms with van der Waals surface area (Å²) in [7, 11) is 2.24. The fourth-order valence-corrected chi connectivity index (χ4v) is 6.43. The summed E-state index contributed by atoms with van der Waals surface area (Å²) in [6.07, 6.45) is 14.9. The molecule has 0 saturated heterocycles. The first-order valence-corrected chi connectivity index (χ1v) is 9.92. The zero-order chi connectivity index (χ0) is 14.8. The molecular formula is C20H37N. The van der Waals surface area contributed by atoms with Crippen molar-refractivity contribution < 1.29 is 0 Å². The summed E-state index contributed by atoms with van der Waals surface area (Å²) in [4.78, 5) is 0. The second-order valence-electron chi connectivity index (χ2n) is 8.56. The maximum Gasteiger partial charge on any atom is 0.0100 e. The van der Waals surface area contributed by atoms with Crippen LogP contribution in [0.3, 0.4) is 0 Å². The molecule has 2 unspecified atom stereocenters. The first-order valence-electron chi connectivity index (χ1n) is 9.92. The topological polar surface area (TPSA) is 12.0 Å². The van der Waals surface area contributed by atoms with Crippen LogP contribution in [0.5, 0.6) is 0 Å². The molecule has 2 atom stereocenters. The highest BCUT2D eigenvalue weighted by molar-refractivity contribution is 5.01. The molecule has 4 bridgehead atoms. The lowest BCUT2D eigenvalue weighted by Gasteiger charge is -2.56. The molecule has 4 aliphatic rings. The van der Waals surface area contributed by atoms with Gasteiger partial charge in [0, 0.05) is 6.04 Å². The number of hydrogen-bond acceptors (Lipinski definition) is 1. The molecule has 0 aromatic heterocycles. The van der Waals surface area contributed by atoms with E-state index in [9.17, 15) is 0 Å². The van der Waals surface area contributed by atoms with Gasteiger partial charge in [0.1, 0.15) is 0 Å². The fourth-order valence-electron chi connectivity index (χ4n) is 6.43. The van der Waals surface area contributed by atoms with Crippen LogP contribution in [0.4, 0.5) is 0 Å². The molecule has 0 radical (unpaired) electrons. The lowest BCUT2D eigenvalue weighted by molar-refractivity contribution is -0.0541. The molecule has 4 rings (SSSR count). The molecule has 0 aromatic rings. The molecule has 0 heterocycles. The molecule has 1 heteroatoms. The van der Waals surface area contributed by atoms with Crippen LogP contribution in [0.1, 0.15) is 78.1 Å². The molecule has 4 aliphatic carbocycles. The Balaban J connectivity index is 1.62. The summed E-state index contributed by atoms with van der Waals surface area (Å²) in [6.45, 7) is 4.74. The Morgan fingerprint density at radius 2 is 1.57 bits per heavy atom. The quantitative estimate of drug-likeness (QED) is 0.644. The summed E-state index contributed by atoms with van der Waals surface area (Å²) >= 11 is 0. The minimum absolute atomic E-state index is 0.807. The van der Waals surface area contributed by atoms with Gasteiger partial charge in [-0.15, -0.1) is 0 Å². The van der Waals surface area contributed by atoms with Crippen LogP contribution < -0.4 is 5.32 Å². The van der Waals surface area contributed by atoms with Gasteiger partial charge in [-0.3, -0.25) is 0 Å². The summed E-state index contributed by atoms with van der Waals surface area (Å²) in [5.74, 6) is 6.34. The van der Waals surface area contributed by atoms with Gasteiger partial charge < -0.3 is 5.32 Å². The minimum Gasteiger partial charge on any atom is -0.317 e. The van der Waals surface area contributed by atoms with Gasteiger partial charge in [-0.05, 0) is 81.1 Å². The molecule has 4 fully saturated rings. The smallest absolute Gasteiger partial charge is 0.0100 e. The summed E-state index contributed by atoms with van der Waals surface area (Å²) < 4.78 is 0. The summed E-state index contributed by atoms with van der Waals surface area (Å²) in [5.41, 5.74) is 0. The van der Waals surface area contributed by atoms with Gasteiger partial charge in [0.2, 0.25) is 0 Å². The van der Waals surface area contributed by atoms with Gasteiger partial charge in [0.25, 0.3) is 0 Å². The van der Waals surface area contributed by atoms with Gasteiger partial charge in [0.15, 0.2) is 0 Å². The molecule has 122 valence electrons. The number of unbranched alkanes of at least 4 members (excludes halogenated alkanes) is 1. The average Bonchev–Trinajstić information content (AvgIpc) is 2.48. The first-order chi connectivity index (χ1) is 10.2. The third-order valence-corrected chi connectivity index (χ3v) is 7.27. The van der Waals surface area contributed by atoms with Gasteiger partial charge in [-0.2, -0.15) is 0 Å². The van der Waals surface area contributed by atoms with E-state index in [1.807, 2.05) is 0 Å². The normalized spacial score (nSPS) is 40.4. The van der Waals surface area contributed by atoms with Crippen LogP contribution in [0.15, 0.2) is 0 Å². The lowest BCUT2D eigenvalue weighted by Crippen LogP contribution is -2.52. The highest BCUT2D eigenvalue weighted by atomic mass is 14.9.